The van der Waals surface area contributed by atoms with Crippen LogP contribution in [-0.2, 0) is 28.6 Å². The maximum atomic E-state index is 12.8. The van der Waals surface area contributed by atoms with E-state index < -0.39 is 6.10 Å². The molecule has 0 spiro atoms. The van der Waals surface area contributed by atoms with Crippen LogP contribution in [-0.4, -0.2) is 37.2 Å². The minimum Gasteiger partial charge on any atom is -0.462 e. The zero-order valence-electron chi connectivity index (χ0n) is 42.1. The molecule has 0 aliphatic carbocycles. The van der Waals surface area contributed by atoms with Gasteiger partial charge in [0.1, 0.15) is 13.2 Å². The number of hydrogen-bond donors (Lipinski definition) is 0. The van der Waals surface area contributed by atoms with E-state index in [2.05, 4.69) is 57.2 Å². The van der Waals surface area contributed by atoms with Crippen molar-refractivity contribution >= 4 is 17.9 Å². The van der Waals surface area contributed by atoms with E-state index in [1.54, 1.807) is 0 Å². The summed E-state index contributed by atoms with van der Waals surface area (Å²) in [5, 5.41) is 0. The van der Waals surface area contributed by atoms with Crippen LogP contribution in [0, 0.1) is 0 Å². The summed E-state index contributed by atoms with van der Waals surface area (Å²) in [6.45, 7) is 6.62. The van der Waals surface area contributed by atoms with E-state index in [0.717, 1.165) is 77.0 Å². The molecule has 6 heteroatoms. The third kappa shape index (κ3) is 50.5. The van der Waals surface area contributed by atoms with E-state index in [0.29, 0.717) is 19.3 Å². The Balaban J connectivity index is 4.36. The quantitative estimate of drug-likeness (QED) is 0.0262. The molecule has 0 aromatic rings. The number of carbonyl (C=O) groups excluding carboxylic acids is 3. The predicted octanol–water partition coefficient (Wildman–Crippen LogP) is 18.1. The normalized spacial score (nSPS) is 12.2. The molecular formula is C57H104O6. The maximum Gasteiger partial charge on any atom is 0.306 e. The molecule has 0 radical (unpaired) electrons. The first-order valence-corrected chi connectivity index (χ1v) is 27.5. The van der Waals surface area contributed by atoms with Crippen molar-refractivity contribution in [1.29, 1.82) is 0 Å². The zero-order chi connectivity index (χ0) is 45.8. The van der Waals surface area contributed by atoms with E-state index in [9.17, 15) is 14.4 Å². The number of carbonyl (C=O) groups is 3. The Kier molecular flexibility index (Phi) is 50.3. The largest absolute Gasteiger partial charge is 0.462 e. The third-order valence-electron chi connectivity index (χ3n) is 12.1. The topological polar surface area (TPSA) is 78.9 Å². The fourth-order valence-electron chi connectivity index (χ4n) is 7.94. The lowest BCUT2D eigenvalue weighted by Crippen LogP contribution is -2.30. The van der Waals surface area contributed by atoms with Gasteiger partial charge in [-0.15, -0.1) is 0 Å². The first-order chi connectivity index (χ1) is 31.0. The molecule has 0 N–H and O–H groups in total. The highest BCUT2D eigenvalue weighted by molar-refractivity contribution is 5.71. The standard InChI is InChI=1S/C57H104O6/c1-4-7-10-13-16-19-22-25-27-28-30-33-35-38-41-44-47-50-56(59)62-53-54(63-57(60)51-48-45-42-39-36-31-24-21-18-15-12-9-6-3)52-61-55(58)49-46-43-40-37-34-32-29-26-23-20-17-14-11-8-5-2/h16,19,25-27,29,54H,4-15,17-18,20-24,28,30-53H2,1-3H3/b19-16-,27-25-,29-26-/t54-/m1/s1. The van der Waals surface area contributed by atoms with Crippen LogP contribution >= 0.6 is 0 Å². The molecule has 0 rings (SSSR count). The fourth-order valence-corrected chi connectivity index (χ4v) is 7.94. The van der Waals surface area contributed by atoms with Crippen molar-refractivity contribution in [3.63, 3.8) is 0 Å². The highest BCUT2D eigenvalue weighted by atomic mass is 16.6. The van der Waals surface area contributed by atoms with Crippen LogP contribution in [0.1, 0.15) is 290 Å². The molecule has 0 bridgehead atoms. The molecule has 0 fully saturated rings. The first kappa shape index (κ1) is 60.6. The molecule has 6 nitrogen and oxygen atoms in total. The summed E-state index contributed by atoms with van der Waals surface area (Å²) in [5.74, 6) is -0.877. The Morgan fingerprint density at radius 2 is 0.571 bits per heavy atom. The molecule has 1 atom stereocenters. The number of hydrogen-bond acceptors (Lipinski definition) is 6. The molecule has 0 heterocycles. The van der Waals surface area contributed by atoms with E-state index >= 15 is 0 Å². The maximum absolute atomic E-state index is 12.8. The summed E-state index contributed by atoms with van der Waals surface area (Å²) in [7, 11) is 0. The van der Waals surface area contributed by atoms with E-state index in [1.165, 1.54) is 173 Å². The Bertz CT molecular complexity index is 1060. The number of allylic oxidation sites excluding steroid dienone is 6. The molecule has 0 aromatic carbocycles. The van der Waals surface area contributed by atoms with Crippen LogP contribution in [0.25, 0.3) is 0 Å². The van der Waals surface area contributed by atoms with E-state index in [4.69, 9.17) is 14.2 Å². The van der Waals surface area contributed by atoms with Gasteiger partial charge >= 0.3 is 17.9 Å². The van der Waals surface area contributed by atoms with Crippen molar-refractivity contribution in [3.05, 3.63) is 36.5 Å². The third-order valence-corrected chi connectivity index (χ3v) is 12.1. The molecule has 0 saturated carbocycles. The second-order valence-electron chi connectivity index (χ2n) is 18.5. The lowest BCUT2D eigenvalue weighted by atomic mass is 10.0. The van der Waals surface area contributed by atoms with E-state index in [-0.39, 0.29) is 31.1 Å². The van der Waals surface area contributed by atoms with Gasteiger partial charge in [-0.2, -0.15) is 0 Å². The Morgan fingerprint density at radius 3 is 0.921 bits per heavy atom. The van der Waals surface area contributed by atoms with Gasteiger partial charge in [0.25, 0.3) is 0 Å². The number of rotatable bonds is 50. The number of esters is 3. The van der Waals surface area contributed by atoms with Gasteiger partial charge in [0.05, 0.1) is 0 Å². The minimum absolute atomic E-state index is 0.0758. The van der Waals surface area contributed by atoms with Crippen molar-refractivity contribution in [1.82, 2.24) is 0 Å². The van der Waals surface area contributed by atoms with Crippen LogP contribution in [0.3, 0.4) is 0 Å². The smallest absolute Gasteiger partial charge is 0.306 e. The molecule has 0 unspecified atom stereocenters. The lowest BCUT2D eigenvalue weighted by molar-refractivity contribution is -0.167. The van der Waals surface area contributed by atoms with Crippen LogP contribution in [0.4, 0.5) is 0 Å². The molecule has 368 valence electrons. The summed E-state index contributed by atoms with van der Waals surface area (Å²) in [6.07, 6.45) is 61.2. The lowest BCUT2D eigenvalue weighted by Gasteiger charge is -2.18. The second-order valence-corrected chi connectivity index (χ2v) is 18.5. The molecule has 0 aliphatic rings. The van der Waals surface area contributed by atoms with Crippen LogP contribution in [0.5, 0.6) is 0 Å². The monoisotopic (exact) mass is 885 g/mol. The molecule has 63 heavy (non-hydrogen) atoms. The SMILES string of the molecule is CCCCC/C=C\C/C=C\CCCCCCCCCC(=O)OC[C@@H](COC(=O)CCCCCCC/C=C\CCCCCCCC)OC(=O)CCCCCCCCCCCCCCC. The van der Waals surface area contributed by atoms with Crippen molar-refractivity contribution < 1.29 is 28.6 Å². The predicted molar refractivity (Wildman–Crippen MR) is 270 cm³/mol. The van der Waals surface area contributed by atoms with E-state index in [1.807, 2.05) is 0 Å². The summed E-state index contributed by atoms with van der Waals surface area (Å²) in [5.41, 5.74) is 0. The van der Waals surface area contributed by atoms with Crippen molar-refractivity contribution in [2.45, 2.75) is 297 Å². The van der Waals surface area contributed by atoms with Crippen LogP contribution < -0.4 is 0 Å². The summed E-state index contributed by atoms with van der Waals surface area (Å²) in [4.78, 5) is 38.0. The summed E-state index contributed by atoms with van der Waals surface area (Å²) in [6, 6.07) is 0. The van der Waals surface area contributed by atoms with Crippen molar-refractivity contribution in [3.8, 4) is 0 Å². The molecular weight excluding hydrogens is 781 g/mol. The van der Waals surface area contributed by atoms with Gasteiger partial charge in [0.2, 0.25) is 0 Å². The number of ether oxygens (including phenoxy) is 3. The van der Waals surface area contributed by atoms with Gasteiger partial charge in [0, 0.05) is 19.3 Å². The second kappa shape index (κ2) is 52.3. The summed E-state index contributed by atoms with van der Waals surface area (Å²) >= 11 is 0. The Hall–Kier alpha value is -2.37. The van der Waals surface area contributed by atoms with Crippen LogP contribution in [0.2, 0.25) is 0 Å². The Morgan fingerprint density at radius 1 is 0.317 bits per heavy atom. The minimum atomic E-state index is -0.775. The Labute approximate surface area is 391 Å². The van der Waals surface area contributed by atoms with Gasteiger partial charge in [-0.1, -0.05) is 231 Å². The van der Waals surface area contributed by atoms with Gasteiger partial charge < -0.3 is 14.2 Å². The van der Waals surface area contributed by atoms with Gasteiger partial charge in [-0.05, 0) is 77.0 Å². The first-order valence-electron chi connectivity index (χ1n) is 27.5. The molecule has 0 aromatic heterocycles. The average Bonchev–Trinajstić information content (AvgIpc) is 3.28. The average molecular weight is 885 g/mol. The highest BCUT2D eigenvalue weighted by Crippen LogP contribution is 2.16. The van der Waals surface area contributed by atoms with Crippen molar-refractivity contribution in [2.75, 3.05) is 13.2 Å². The van der Waals surface area contributed by atoms with Crippen molar-refractivity contribution in [2.24, 2.45) is 0 Å². The molecule has 0 aliphatic heterocycles. The van der Waals surface area contributed by atoms with Crippen LogP contribution in [0.15, 0.2) is 36.5 Å². The van der Waals surface area contributed by atoms with Gasteiger partial charge in [-0.25, -0.2) is 0 Å². The summed E-state index contributed by atoms with van der Waals surface area (Å²) < 4.78 is 16.8. The van der Waals surface area contributed by atoms with Gasteiger partial charge in [0.15, 0.2) is 6.10 Å². The number of unbranched alkanes of at least 4 members (excludes halogenated alkanes) is 33. The fraction of sp³-hybridized carbons (Fsp3) is 0.842. The molecule has 0 saturated heterocycles. The zero-order valence-corrected chi connectivity index (χ0v) is 42.1. The highest BCUT2D eigenvalue weighted by Gasteiger charge is 2.19. The van der Waals surface area contributed by atoms with Gasteiger partial charge in [-0.3, -0.25) is 14.4 Å². The molecule has 0 amide bonds.